The lowest BCUT2D eigenvalue weighted by Gasteiger charge is -2.09. The van der Waals surface area contributed by atoms with Crippen LogP contribution in [0.5, 0.6) is 0 Å². The third-order valence-corrected chi connectivity index (χ3v) is 4.73. The minimum Gasteiger partial charge on any atom is -0.333 e. The van der Waals surface area contributed by atoms with E-state index in [2.05, 4.69) is 14.7 Å². The molecule has 1 fully saturated rings. The second-order valence-electron chi connectivity index (χ2n) is 4.84. The van der Waals surface area contributed by atoms with Crippen molar-refractivity contribution in [1.29, 1.82) is 0 Å². The van der Waals surface area contributed by atoms with Crippen LogP contribution in [0, 0.1) is 0 Å². The van der Waals surface area contributed by atoms with Crippen LogP contribution in [0.3, 0.4) is 0 Å². The van der Waals surface area contributed by atoms with Crippen molar-refractivity contribution in [2.75, 3.05) is 6.54 Å². The van der Waals surface area contributed by atoms with Crippen LogP contribution in [0.25, 0.3) is 0 Å². The minimum absolute atomic E-state index is 0.188. The molecule has 0 amide bonds. The highest BCUT2D eigenvalue weighted by Crippen LogP contribution is 2.38. The Labute approximate surface area is 117 Å². The number of nitrogens with zero attached hydrogens (tertiary/aromatic N) is 3. The van der Waals surface area contributed by atoms with Crippen LogP contribution in [-0.2, 0) is 16.6 Å². The first-order valence-electron chi connectivity index (χ1n) is 6.57. The summed E-state index contributed by atoms with van der Waals surface area (Å²) in [7, 11) is -3.48. The van der Waals surface area contributed by atoms with Gasteiger partial charge in [0.1, 0.15) is 10.7 Å². The summed E-state index contributed by atoms with van der Waals surface area (Å²) in [6.45, 7) is 0.929. The number of hydrogen-bond acceptors (Lipinski definition) is 4. The molecule has 0 saturated heterocycles. The van der Waals surface area contributed by atoms with Crippen LogP contribution >= 0.6 is 0 Å². The van der Waals surface area contributed by atoms with E-state index in [1.165, 1.54) is 25.1 Å². The second kappa shape index (κ2) is 5.34. The SMILES string of the molecule is O=S(=O)(NCCn1ccnc1C1CC1)c1cccnc1. The molecule has 3 rings (SSSR count). The minimum atomic E-state index is -3.48. The average molecular weight is 292 g/mol. The van der Waals surface area contributed by atoms with Crippen molar-refractivity contribution in [2.45, 2.75) is 30.2 Å². The van der Waals surface area contributed by atoms with Gasteiger partial charge in [0.25, 0.3) is 0 Å². The lowest BCUT2D eigenvalue weighted by Crippen LogP contribution is -2.27. The van der Waals surface area contributed by atoms with E-state index >= 15 is 0 Å². The van der Waals surface area contributed by atoms with Crippen molar-refractivity contribution in [3.8, 4) is 0 Å². The van der Waals surface area contributed by atoms with E-state index in [1.54, 1.807) is 18.5 Å². The predicted octanol–water partition coefficient (Wildman–Crippen LogP) is 1.13. The predicted molar refractivity (Wildman–Crippen MR) is 73.6 cm³/mol. The molecule has 0 aliphatic heterocycles. The Morgan fingerprint density at radius 2 is 2.20 bits per heavy atom. The van der Waals surface area contributed by atoms with E-state index in [0.717, 1.165) is 5.82 Å². The van der Waals surface area contributed by atoms with Gasteiger partial charge in [-0.05, 0) is 25.0 Å². The standard InChI is InChI=1S/C13H16N4O2S/c18-20(19,12-2-1-5-14-10-12)16-7-9-17-8-6-15-13(17)11-3-4-11/h1-2,5-6,8,10-11,16H,3-4,7,9H2. The number of rotatable bonds is 6. The quantitative estimate of drug-likeness (QED) is 0.866. The van der Waals surface area contributed by atoms with Gasteiger partial charge in [-0.1, -0.05) is 0 Å². The van der Waals surface area contributed by atoms with E-state index in [-0.39, 0.29) is 4.90 Å². The monoisotopic (exact) mass is 292 g/mol. The Kier molecular flexibility index (Phi) is 3.54. The normalized spacial score (nSPS) is 15.4. The maximum absolute atomic E-state index is 12.0. The van der Waals surface area contributed by atoms with Gasteiger partial charge in [0.05, 0.1) is 0 Å². The summed E-state index contributed by atoms with van der Waals surface area (Å²) in [5.41, 5.74) is 0. The largest absolute Gasteiger partial charge is 0.333 e. The molecular weight excluding hydrogens is 276 g/mol. The zero-order chi connectivity index (χ0) is 14.0. The van der Waals surface area contributed by atoms with E-state index < -0.39 is 10.0 Å². The van der Waals surface area contributed by atoms with Gasteiger partial charge in [-0.2, -0.15) is 0 Å². The second-order valence-corrected chi connectivity index (χ2v) is 6.61. The molecule has 0 aromatic carbocycles. The summed E-state index contributed by atoms with van der Waals surface area (Å²) in [5, 5.41) is 0. The molecule has 106 valence electrons. The molecular formula is C13H16N4O2S. The zero-order valence-electron chi connectivity index (χ0n) is 10.9. The van der Waals surface area contributed by atoms with Crippen molar-refractivity contribution >= 4 is 10.0 Å². The lowest BCUT2D eigenvalue weighted by atomic mass is 10.4. The third-order valence-electron chi connectivity index (χ3n) is 3.28. The number of hydrogen-bond donors (Lipinski definition) is 1. The van der Waals surface area contributed by atoms with Crippen molar-refractivity contribution in [2.24, 2.45) is 0 Å². The molecule has 0 unspecified atom stereocenters. The Bertz CT molecular complexity index is 677. The molecule has 6 nitrogen and oxygen atoms in total. The van der Waals surface area contributed by atoms with Gasteiger partial charge in [0, 0.05) is 43.8 Å². The molecule has 0 bridgehead atoms. The van der Waals surface area contributed by atoms with Crippen LogP contribution in [0.1, 0.15) is 24.6 Å². The molecule has 7 heteroatoms. The summed E-state index contributed by atoms with van der Waals surface area (Å²) in [5.74, 6) is 1.62. The highest BCUT2D eigenvalue weighted by molar-refractivity contribution is 7.89. The zero-order valence-corrected chi connectivity index (χ0v) is 11.8. The Morgan fingerprint density at radius 1 is 1.35 bits per heavy atom. The van der Waals surface area contributed by atoms with Crippen LogP contribution in [0.4, 0.5) is 0 Å². The van der Waals surface area contributed by atoms with Gasteiger partial charge in [-0.15, -0.1) is 0 Å². The average Bonchev–Trinajstić information content (AvgIpc) is 3.20. The summed E-state index contributed by atoms with van der Waals surface area (Å²) in [4.78, 5) is 8.34. The fraction of sp³-hybridized carbons (Fsp3) is 0.385. The molecule has 1 aliphatic carbocycles. The Morgan fingerprint density at radius 3 is 2.90 bits per heavy atom. The molecule has 1 N–H and O–H groups in total. The molecule has 2 heterocycles. The first kappa shape index (κ1) is 13.3. The summed E-state index contributed by atoms with van der Waals surface area (Å²) >= 11 is 0. The summed E-state index contributed by atoms with van der Waals surface area (Å²) in [6.07, 6.45) is 8.91. The molecule has 2 aromatic rings. The van der Waals surface area contributed by atoms with Gasteiger partial charge >= 0.3 is 0 Å². The molecule has 20 heavy (non-hydrogen) atoms. The number of pyridine rings is 1. The van der Waals surface area contributed by atoms with Gasteiger partial charge in [0.2, 0.25) is 10.0 Å². The molecule has 2 aromatic heterocycles. The molecule has 1 saturated carbocycles. The number of aromatic nitrogens is 3. The maximum Gasteiger partial charge on any atom is 0.242 e. The highest BCUT2D eigenvalue weighted by Gasteiger charge is 2.27. The third kappa shape index (κ3) is 2.88. The van der Waals surface area contributed by atoms with Gasteiger partial charge in [-0.25, -0.2) is 18.1 Å². The number of sulfonamides is 1. The van der Waals surface area contributed by atoms with Crippen molar-refractivity contribution in [1.82, 2.24) is 19.3 Å². The van der Waals surface area contributed by atoms with E-state index in [4.69, 9.17) is 0 Å². The van der Waals surface area contributed by atoms with Crippen molar-refractivity contribution < 1.29 is 8.42 Å². The molecule has 0 atom stereocenters. The number of nitrogens with one attached hydrogen (secondary N) is 1. The van der Waals surface area contributed by atoms with E-state index in [9.17, 15) is 8.42 Å². The van der Waals surface area contributed by atoms with E-state index in [0.29, 0.717) is 19.0 Å². The van der Waals surface area contributed by atoms with Gasteiger partial charge in [-0.3, -0.25) is 4.98 Å². The molecule has 0 spiro atoms. The van der Waals surface area contributed by atoms with Gasteiger partial charge in [0.15, 0.2) is 0 Å². The van der Waals surface area contributed by atoms with E-state index in [1.807, 2.05) is 10.8 Å². The number of imidazole rings is 1. The highest BCUT2D eigenvalue weighted by atomic mass is 32.2. The first-order valence-corrected chi connectivity index (χ1v) is 8.06. The molecule has 1 aliphatic rings. The lowest BCUT2D eigenvalue weighted by molar-refractivity contribution is 0.568. The Hall–Kier alpha value is -1.73. The Balaban J connectivity index is 1.61. The van der Waals surface area contributed by atoms with Gasteiger partial charge < -0.3 is 4.57 Å². The summed E-state index contributed by atoms with van der Waals surface area (Å²) < 4.78 is 28.6. The van der Waals surface area contributed by atoms with Crippen LogP contribution in [0.15, 0.2) is 41.8 Å². The smallest absolute Gasteiger partial charge is 0.242 e. The fourth-order valence-electron chi connectivity index (χ4n) is 2.10. The van der Waals surface area contributed by atoms with Crippen LogP contribution in [0.2, 0.25) is 0 Å². The first-order chi connectivity index (χ1) is 9.67. The topological polar surface area (TPSA) is 76.9 Å². The molecule has 0 radical (unpaired) electrons. The maximum atomic E-state index is 12.0. The van der Waals surface area contributed by atoms with Crippen LogP contribution < -0.4 is 4.72 Å². The van der Waals surface area contributed by atoms with Crippen LogP contribution in [-0.4, -0.2) is 29.5 Å². The van der Waals surface area contributed by atoms with Crippen molar-refractivity contribution in [3.63, 3.8) is 0 Å². The van der Waals surface area contributed by atoms with Crippen molar-refractivity contribution in [3.05, 3.63) is 42.7 Å². The summed E-state index contributed by atoms with van der Waals surface area (Å²) in [6, 6.07) is 3.14. The fourth-order valence-corrected chi connectivity index (χ4v) is 3.09.